The van der Waals surface area contributed by atoms with Gasteiger partial charge < -0.3 is 28.9 Å². The monoisotopic (exact) mass is 451 g/mol. The normalized spacial score (nSPS) is 23.4. The number of amides is 1. The van der Waals surface area contributed by atoms with E-state index in [0.29, 0.717) is 54.2 Å². The van der Waals surface area contributed by atoms with Gasteiger partial charge in [0.05, 0.1) is 18.5 Å². The molecule has 2 bridgehead atoms. The van der Waals surface area contributed by atoms with Crippen molar-refractivity contribution in [2.45, 2.75) is 57.7 Å². The van der Waals surface area contributed by atoms with Gasteiger partial charge in [-0.25, -0.2) is 4.79 Å². The summed E-state index contributed by atoms with van der Waals surface area (Å²) in [6.45, 7) is 5.09. The Labute approximate surface area is 195 Å². The summed E-state index contributed by atoms with van der Waals surface area (Å²) >= 11 is 0. The first-order valence-electron chi connectivity index (χ1n) is 12.0. The van der Waals surface area contributed by atoms with Crippen molar-refractivity contribution in [2.24, 2.45) is 0 Å². The number of hydrogen-bond acceptors (Lipinski definition) is 6. The Morgan fingerprint density at radius 3 is 2.45 bits per heavy atom. The van der Waals surface area contributed by atoms with E-state index in [1.165, 1.54) is 12.8 Å². The van der Waals surface area contributed by atoms with E-state index < -0.39 is 0 Å². The summed E-state index contributed by atoms with van der Waals surface area (Å²) < 4.78 is 17.7. The minimum atomic E-state index is -0.350. The number of fused-ring (bicyclic) bond motifs is 4. The number of carbonyl (C=O) groups is 1. The van der Waals surface area contributed by atoms with Gasteiger partial charge in [-0.05, 0) is 70.8 Å². The van der Waals surface area contributed by atoms with Gasteiger partial charge in [0.1, 0.15) is 5.75 Å². The van der Waals surface area contributed by atoms with Crippen LogP contribution in [0, 0.1) is 0 Å². The van der Waals surface area contributed by atoms with E-state index in [0.717, 1.165) is 24.2 Å². The van der Waals surface area contributed by atoms with Crippen molar-refractivity contribution >= 4 is 17.5 Å². The van der Waals surface area contributed by atoms with Crippen molar-refractivity contribution in [3.63, 3.8) is 0 Å². The summed E-state index contributed by atoms with van der Waals surface area (Å²) in [5.41, 5.74) is 2.04. The molecule has 2 aromatic rings. The number of benzene rings is 2. The maximum absolute atomic E-state index is 12.5. The standard InChI is InChI=1S/C26H33N3O4/c1-5-28(6-2)26(30)32-20-12-13-21-24(16-20)33-25-22(8-7-9-23(25)31-4)29(21)19-14-17-10-11-18(15-19)27(17)3/h7-9,12-13,16-19H,5-6,10-11,14-15H2,1-4H3. The van der Waals surface area contributed by atoms with Crippen LogP contribution in [-0.2, 0) is 0 Å². The highest BCUT2D eigenvalue weighted by Gasteiger charge is 2.43. The molecular formula is C26H33N3O4. The molecule has 0 radical (unpaired) electrons. The third-order valence-electron chi connectivity index (χ3n) is 7.51. The van der Waals surface area contributed by atoms with Gasteiger partial charge in [-0.1, -0.05) is 6.07 Å². The second-order valence-corrected chi connectivity index (χ2v) is 9.13. The van der Waals surface area contributed by atoms with Gasteiger partial charge in [0.2, 0.25) is 0 Å². The Hall–Kier alpha value is -2.93. The fraction of sp³-hybridized carbons (Fsp3) is 0.500. The predicted molar refractivity (Wildman–Crippen MR) is 128 cm³/mol. The number of methoxy groups -OCH3 is 1. The van der Waals surface area contributed by atoms with Crippen LogP contribution in [-0.4, -0.2) is 61.3 Å². The molecule has 0 aliphatic carbocycles. The number of para-hydroxylation sites is 1. The van der Waals surface area contributed by atoms with Gasteiger partial charge in [0, 0.05) is 37.3 Å². The SMILES string of the molecule is CCN(CC)C(=O)Oc1ccc2c(c1)Oc1c(OC)cccc1N2C1CC2CCC(C1)N2C. The molecule has 2 saturated heterocycles. The highest BCUT2D eigenvalue weighted by molar-refractivity contribution is 5.82. The highest BCUT2D eigenvalue weighted by atomic mass is 16.6. The maximum Gasteiger partial charge on any atom is 0.415 e. The van der Waals surface area contributed by atoms with Crippen LogP contribution >= 0.6 is 0 Å². The van der Waals surface area contributed by atoms with Crippen molar-refractivity contribution in [3.8, 4) is 23.0 Å². The quantitative estimate of drug-likeness (QED) is 0.606. The van der Waals surface area contributed by atoms with Crippen LogP contribution in [0.4, 0.5) is 16.2 Å². The summed E-state index contributed by atoms with van der Waals surface area (Å²) in [7, 11) is 3.93. The molecule has 0 N–H and O–H groups in total. The minimum absolute atomic E-state index is 0.350. The lowest BCUT2D eigenvalue weighted by Gasteiger charge is -2.45. The van der Waals surface area contributed by atoms with Gasteiger partial charge in [-0.3, -0.25) is 0 Å². The zero-order valence-electron chi connectivity index (χ0n) is 19.9. The molecule has 2 atom stereocenters. The Bertz CT molecular complexity index is 1020. The van der Waals surface area contributed by atoms with Crippen LogP contribution in [0.5, 0.6) is 23.0 Å². The van der Waals surface area contributed by atoms with E-state index in [4.69, 9.17) is 14.2 Å². The van der Waals surface area contributed by atoms with Crippen LogP contribution < -0.4 is 19.1 Å². The van der Waals surface area contributed by atoms with Crippen molar-refractivity contribution in [3.05, 3.63) is 36.4 Å². The summed E-state index contributed by atoms with van der Waals surface area (Å²) in [4.78, 5) is 19.1. The molecule has 0 aromatic heterocycles. The van der Waals surface area contributed by atoms with Crippen LogP contribution in [0.15, 0.2) is 36.4 Å². The molecule has 2 fully saturated rings. The lowest BCUT2D eigenvalue weighted by Crippen LogP contribution is -2.48. The van der Waals surface area contributed by atoms with Crippen molar-refractivity contribution in [1.82, 2.24) is 9.80 Å². The number of rotatable bonds is 5. The van der Waals surface area contributed by atoms with Crippen molar-refractivity contribution in [2.75, 3.05) is 32.1 Å². The summed E-state index contributed by atoms with van der Waals surface area (Å²) in [5, 5.41) is 0. The van der Waals surface area contributed by atoms with Crippen molar-refractivity contribution < 1.29 is 19.0 Å². The third kappa shape index (κ3) is 3.78. The fourth-order valence-corrected chi connectivity index (χ4v) is 5.67. The zero-order chi connectivity index (χ0) is 23.1. The van der Waals surface area contributed by atoms with Crippen LogP contribution in [0.1, 0.15) is 39.5 Å². The summed E-state index contributed by atoms with van der Waals surface area (Å²) in [6, 6.07) is 13.3. The lowest BCUT2D eigenvalue weighted by molar-refractivity contribution is 0.157. The van der Waals surface area contributed by atoms with Gasteiger partial charge in [-0.15, -0.1) is 0 Å². The second-order valence-electron chi connectivity index (χ2n) is 9.13. The Balaban J connectivity index is 1.52. The number of hydrogen-bond donors (Lipinski definition) is 0. The first-order valence-corrected chi connectivity index (χ1v) is 12.0. The fourth-order valence-electron chi connectivity index (χ4n) is 5.67. The number of nitrogens with zero attached hydrogens (tertiary/aromatic N) is 3. The lowest BCUT2D eigenvalue weighted by atomic mass is 9.94. The molecule has 176 valence electrons. The molecule has 1 amide bonds. The number of carbonyl (C=O) groups excluding carboxylic acids is 1. The van der Waals surface area contributed by atoms with Crippen molar-refractivity contribution in [1.29, 1.82) is 0 Å². The van der Waals surface area contributed by atoms with Gasteiger partial charge in [-0.2, -0.15) is 0 Å². The molecule has 5 rings (SSSR count). The first kappa shape index (κ1) is 21.9. The molecule has 33 heavy (non-hydrogen) atoms. The van der Waals surface area contributed by atoms with E-state index in [-0.39, 0.29) is 6.09 Å². The third-order valence-corrected chi connectivity index (χ3v) is 7.51. The molecule has 0 spiro atoms. The molecule has 7 nitrogen and oxygen atoms in total. The van der Waals surface area contributed by atoms with E-state index in [1.807, 2.05) is 44.2 Å². The Morgan fingerprint density at radius 1 is 1.06 bits per heavy atom. The molecule has 3 heterocycles. The van der Waals surface area contributed by atoms with Gasteiger partial charge in [0.15, 0.2) is 17.2 Å². The Kier molecular flexibility index (Phi) is 5.83. The zero-order valence-corrected chi connectivity index (χ0v) is 19.9. The highest BCUT2D eigenvalue weighted by Crippen LogP contribution is 2.54. The molecule has 3 aliphatic heterocycles. The predicted octanol–water partition coefficient (Wildman–Crippen LogP) is 5.40. The Morgan fingerprint density at radius 2 is 1.79 bits per heavy atom. The van der Waals surface area contributed by atoms with E-state index in [9.17, 15) is 4.79 Å². The molecule has 7 heteroatoms. The van der Waals surface area contributed by atoms with Crippen LogP contribution in [0.25, 0.3) is 0 Å². The number of ether oxygens (including phenoxy) is 3. The van der Waals surface area contributed by atoms with Crippen LogP contribution in [0.3, 0.4) is 0 Å². The first-order chi connectivity index (χ1) is 16.0. The number of piperidine rings is 1. The molecule has 3 aliphatic rings. The van der Waals surface area contributed by atoms with E-state index in [1.54, 1.807) is 12.0 Å². The number of anilines is 2. The largest absolute Gasteiger partial charge is 0.493 e. The maximum atomic E-state index is 12.5. The van der Waals surface area contributed by atoms with Crippen LogP contribution in [0.2, 0.25) is 0 Å². The minimum Gasteiger partial charge on any atom is -0.493 e. The molecular weight excluding hydrogens is 418 g/mol. The smallest absolute Gasteiger partial charge is 0.415 e. The van der Waals surface area contributed by atoms with E-state index in [2.05, 4.69) is 22.9 Å². The van der Waals surface area contributed by atoms with E-state index >= 15 is 0 Å². The van der Waals surface area contributed by atoms with Gasteiger partial charge in [0.25, 0.3) is 0 Å². The average molecular weight is 452 g/mol. The summed E-state index contributed by atoms with van der Waals surface area (Å²) in [6.07, 6.45) is 4.40. The van der Waals surface area contributed by atoms with Gasteiger partial charge >= 0.3 is 6.09 Å². The molecule has 2 aromatic carbocycles. The summed E-state index contributed by atoms with van der Waals surface area (Å²) in [5.74, 6) is 2.58. The molecule has 2 unspecified atom stereocenters. The molecule has 0 saturated carbocycles. The topological polar surface area (TPSA) is 54.5 Å². The average Bonchev–Trinajstić information content (AvgIpc) is 3.02. The second kappa shape index (κ2) is 8.78.